The monoisotopic (exact) mass is 358 g/mol. The first kappa shape index (κ1) is 17.6. The fourth-order valence-electron chi connectivity index (χ4n) is 3.07. The zero-order valence-electron chi connectivity index (χ0n) is 14.0. The SMILES string of the molecule is NC[C@@H]1CCN(C(=O)c2ccc(S(=O)(=O)Cc3ccccc3)cc2)C1. The van der Waals surface area contributed by atoms with Crippen molar-refractivity contribution in [1.82, 2.24) is 4.90 Å². The second kappa shape index (κ2) is 7.37. The maximum absolute atomic E-state index is 12.5. The Hall–Kier alpha value is -2.18. The van der Waals surface area contributed by atoms with Crippen molar-refractivity contribution in [1.29, 1.82) is 0 Å². The molecule has 132 valence electrons. The van der Waals surface area contributed by atoms with Crippen molar-refractivity contribution in [2.75, 3.05) is 19.6 Å². The summed E-state index contributed by atoms with van der Waals surface area (Å²) < 4.78 is 25.0. The molecule has 1 heterocycles. The molecule has 1 amide bonds. The van der Waals surface area contributed by atoms with Crippen molar-refractivity contribution in [3.63, 3.8) is 0 Å². The molecule has 0 aromatic heterocycles. The molecule has 5 nitrogen and oxygen atoms in total. The van der Waals surface area contributed by atoms with Gasteiger partial charge in [-0.25, -0.2) is 8.42 Å². The van der Waals surface area contributed by atoms with Crippen molar-refractivity contribution >= 4 is 15.7 Å². The number of amides is 1. The highest BCUT2D eigenvalue weighted by atomic mass is 32.2. The predicted molar refractivity (Wildman–Crippen MR) is 96.8 cm³/mol. The number of nitrogens with two attached hydrogens (primary N) is 1. The lowest BCUT2D eigenvalue weighted by molar-refractivity contribution is 0.0787. The van der Waals surface area contributed by atoms with Crippen LogP contribution in [0.15, 0.2) is 59.5 Å². The third-order valence-corrected chi connectivity index (χ3v) is 6.27. The van der Waals surface area contributed by atoms with Gasteiger partial charge >= 0.3 is 0 Å². The summed E-state index contributed by atoms with van der Waals surface area (Å²) in [5, 5.41) is 0. The molecule has 3 rings (SSSR count). The van der Waals surface area contributed by atoms with E-state index in [9.17, 15) is 13.2 Å². The Bertz CT molecular complexity index is 833. The van der Waals surface area contributed by atoms with Crippen LogP contribution in [0.5, 0.6) is 0 Å². The molecule has 2 N–H and O–H groups in total. The van der Waals surface area contributed by atoms with Crippen LogP contribution in [0.1, 0.15) is 22.3 Å². The third kappa shape index (κ3) is 4.08. The molecule has 1 aliphatic rings. The fourth-order valence-corrected chi connectivity index (χ4v) is 4.42. The van der Waals surface area contributed by atoms with Crippen LogP contribution in [-0.2, 0) is 15.6 Å². The summed E-state index contributed by atoms with van der Waals surface area (Å²) in [6, 6.07) is 15.3. The maximum atomic E-state index is 12.5. The largest absolute Gasteiger partial charge is 0.338 e. The van der Waals surface area contributed by atoms with Crippen LogP contribution in [0, 0.1) is 5.92 Å². The number of hydrogen-bond acceptors (Lipinski definition) is 4. The number of benzene rings is 2. The summed E-state index contributed by atoms with van der Waals surface area (Å²) in [4.78, 5) is 14.5. The minimum Gasteiger partial charge on any atom is -0.338 e. The van der Waals surface area contributed by atoms with E-state index >= 15 is 0 Å². The number of likely N-dealkylation sites (tertiary alicyclic amines) is 1. The summed E-state index contributed by atoms with van der Waals surface area (Å²) in [5.74, 6) is 0.239. The highest BCUT2D eigenvalue weighted by molar-refractivity contribution is 7.90. The van der Waals surface area contributed by atoms with Gasteiger partial charge in [0, 0.05) is 18.7 Å². The van der Waals surface area contributed by atoms with Gasteiger partial charge in [-0.15, -0.1) is 0 Å². The van der Waals surface area contributed by atoms with Crippen molar-refractivity contribution in [2.24, 2.45) is 11.7 Å². The molecule has 0 saturated carbocycles. The van der Waals surface area contributed by atoms with Gasteiger partial charge in [0.2, 0.25) is 0 Å². The van der Waals surface area contributed by atoms with Crippen LogP contribution in [0.2, 0.25) is 0 Å². The Labute approximate surface area is 148 Å². The van der Waals surface area contributed by atoms with Crippen LogP contribution in [0.4, 0.5) is 0 Å². The number of sulfone groups is 1. The molecule has 25 heavy (non-hydrogen) atoms. The number of rotatable bonds is 5. The predicted octanol–water partition coefficient (Wildman–Crippen LogP) is 2.08. The van der Waals surface area contributed by atoms with Crippen LogP contribution >= 0.6 is 0 Å². The number of nitrogens with zero attached hydrogens (tertiary/aromatic N) is 1. The van der Waals surface area contributed by atoms with E-state index in [2.05, 4.69) is 0 Å². The first-order valence-electron chi connectivity index (χ1n) is 8.35. The number of hydrogen-bond donors (Lipinski definition) is 1. The fraction of sp³-hybridized carbons (Fsp3) is 0.316. The Morgan fingerprint density at radius 3 is 2.36 bits per heavy atom. The Morgan fingerprint density at radius 2 is 1.76 bits per heavy atom. The second-order valence-electron chi connectivity index (χ2n) is 6.41. The quantitative estimate of drug-likeness (QED) is 0.887. The first-order chi connectivity index (χ1) is 12.0. The molecule has 1 saturated heterocycles. The van der Waals surface area contributed by atoms with Crippen LogP contribution in [-0.4, -0.2) is 38.9 Å². The molecule has 1 aliphatic heterocycles. The van der Waals surface area contributed by atoms with Gasteiger partial charge in [0.15, 0.2) is 9.84 Å². The van der Waals surface area contributed by atoms with E-state index < -0.39 is 9.84 Å². The molecule has 0 bridgehead atoms. The van der Waals surface area contributed by atoms with E-state index in [0.29, 0.717) is 31.1 Å². The van der Waals surface area contributed by atoms with Crippen LogP contribution in [0.25, 0.3) is 0 Å². The Balaban J connectivity index is 1.72. The molecule has 0 radical (unpaired) electrons. The van der Waals surface area contributed by atoms with Crippen molar-refractivity contribution in [3.05, 3.63) is 65.7 Å². The molecule has 2 aromatic carbocycles. The molecule has 1 fully saturated rings. The standard InChI is InChI=1S/C19H22N2O3S/c20-12-16-10-11-21(13-16)19(22)17-6-8-18(9-7-17)25(23,24)14-15-4-2-1-3-5-15/h1-9,16H,10-14,20H2/t16-/m0/s1. The maximum Gasteiger partial charge on any atom is 0.253 e. The first-order valence-corrected chi connectivity index (χ1v) is 10.0. The van der Waals surface area contributed by atoms with Gasteiger partial charge in [-0.1, -0.05) is 30.3 Å². The smallest absolute Gasteiger partial charge is 0.253 e. The van der Waals surface area contributed by atoms with Crippen molar-refractivity contribution in [3.8, 4) is 0 Å². The van der Waals surface area contributed by atoms with Crippen molar-refractivity contribution in [2.45, 2.75) is 17.1 Å². The molecule has 2 aromatic rings. The molecule has 6 heteroatoms. The lowest BCUT2D eigenvalue weighted by atomic mass is 10.1. The average molecular weight is 358 g/mol. The third-order valence-electron chi connectivity index (χ3n) is 4.57. The average Bonchev–Trinajstić information content (AvgIpc) is 3.11. The van der Waals surface area contributed by atoms with Gasteiger partial charge in [-0.2, -0.15) is 0 Å². The topological polar surface area (TPSA) is 80.5 Å². The van der Waals surface area contributed by atoms with Crippen LogP contribution < -0.4 is 5.73 Å². The molecular weight excluding hydrogens is 336 g/mol. The lowest BCUT2D eigenvalue weighted by Crippen LogP contribution is -2.29. The van der Waals surface area contributed by atoms with E-state index in [0.717, 1.165) is 12.0 Å². The Kier molecular flexibility index (Phi) is 5.20. The highest BCUT2D eigenvalue weighted by Gasteiger charge is 2.26. The van der Waals surface area contributed by atoms with E-state index in [-0.39, 0.29) is 16.6 Å². The zero-order valence-corrected chi connectivity index (χ0v) is 14.8. The van der Waals surface area contributed by atoms with Gasteiger partial charge in [-0.05, 0) is 48.7 Å². The van der Waals surface area contributed by atoms with Gasteiger partial charge in [0.05, 0.1) is 10.6 Å². The zero-order chi connectivity index (χ0) is 17.9. The summed E-state index contributed by atoms with van der Waals surface area (Å²) in [7, 11) is -3.43. The molecule has 0 spiro atoms. The summed E-state index contributed by atoms with van der Waals surface area (Å²) >= 11 is 0. The number of carbonyl (C=O) groups excluding carboxylic acids is 1. The molecular formula is C19H22N2O3S. The van der Waals surface area contributed by atoms with Gasteiger partial charge in [0.1, 0.15) is 0 Å². The van der Waals surface area contributed by atoms with Crippen molar-refractivity contribution < 1.29 is 13.2 Å². The summed E-state index contributed by atoms with van der Waals surface area (Å²) in [6.07, 6.45) is 0.922. The van der Waals surface area contributed by atoms with Crippen LogP contribution in [0.3, 0.4) is 0 Å². The van der Waals surface area contributed by atoms with E-state index in [1.807, 2.05) is 18.2 Å². The van der Waals surface area contributed by atoms with E-state index in [4.69, 9.17) is 5.73 Å². The lowest BCUT2D eigenvalue weighted by Gasteiger charge is -2.16. The van der Waals surface area contributed by atoms with Gasteiger partial charge in [0.25, 0.3) is 5.91 Å². The molecule has 0 aliphatic carbocycles. The van der Waals surface area contributed by atoms with Gasteiger partial charge in [-0.3, -0.25) is 4.79 Å². The minimum atomic E-state index is -3.43. The van der Waals surface area contributed by atoms with E-state index in [1.165, 1.54) is 12.1 Å². The van der Waals surface area contributed by atoms with E-state index in [1.54, 1.807) is 29.2 Å². The van der Waals surface area contributed by atoms with Gasteiger partial charge < -0.3 is 10.6 Å². The summed E-state index contributed by atoms with van der Waals surface area (Å²) in [6.45, 7) is 1.96. The highest BCUT2D eigenvalue weighted by Crippen LogP contribution is 2.20. The second-order valence-corrected chi connectivity index (χ2v) is 8.40. The molecule has 1 atom stereocenters. The number of carbonyl (C=O) groups is 1. The summed E-state index contributed by atoms with van der Waals surface area (Å²) in [5.41, 5.74) is 6.91. The minimum absolute atomic E-state index is 0.0502. The molecule has 0 unspecified atom stereocenters. The normalized spacial score (nSPS) is 17.6. The Morgan fingerprint density at radius 1 is 1.08 bits per heavy atom.